The summed E-state index contributed by atoms with van der Waals surface area (Å²) < 4.78 is 0. The Balaban J connectivity index is 3.25. The molecule has 0 aliphatic carbocycles. The van der Waals surface area contributed by atoms with Crippen molar-refractivity contribution in [2.75, 3.05) is 0 Å². The number of phenolic OH excluding ortho intramolecular Hbond substituents is 1. The molecule has 0 aliphatic heterocycles. The van der Waals surface area contributed by atoms with E-state index in [0.29, 0.717) is 18.6 Å². The summed E-state index contributed by atoms with van der Waals surface area (Å²) in [6, 6.07) is 3.85. The Morgan fingerprint density at radius 1 is 1.00 bits per heavy atom. The van der Waals surface area contributed by atoms with Crippen LogP contribution in [0.1, 0.15) is 16.7 Å². The molecule has 0 spiro atoms. The van der Waals surface area contributed by atoms with Gasteiger partial charge in [0, 0.05) is 0 Å². The number of benzene rings is 1. The molecule has 0 amide bonds. The number of phenols is 1. The summed E-state index contributed by atoms with van der Waals surface area (Å²) in [5, 5.41) is 9.94. The van der Waals surface area contributed by atoms with E-state index < -0.39 is 0 Å². The molecule has 0 saturated carbocycles. The fourth-order valence-corrected chi connectivity index (χ4v) is 1.53. The third kappa shape index (κ3) is 2.59. The minimum atomic E-state index is 0.348. The molecule has 0 heterocycles. The van der Waals surface area contributed by atoms with E-state index in [-0.39, 0.29) is 0 Å². The first-order chi connectivity index (χ1) is 7.22. The van der Waals surface area contributed by atoms with Gasteiger partial charge in [-0.2, -0.15) is 0 Å². The Morgan fingerprint density at radius 2 is 1.47 bits per heavy atom. The first-order valence-corrected chi connectivity index (χ1v) is 4.92. The van der Waals surface area contributed by atoms with Crippen molar-refractivity contribution < 1.29 is 5.11 Å². The van der Waals surface area contributed by atoms with Crippen molar-refractivity contribution in [1.29, 1.82) is 0 Å². The van der Waals surface area contributed by atoms with Crippen molar-refractivity contribution in [2.45, 2.75) is 12.8 Å². The summed E-state index contributed by atoms with van der Waals surface area (Å²) in [5.74, 6) is 0.348. The Morgan fingerprint density at radius 3 is 1.80 bits per heavy atom. The van der Waals surface area contributed by atoms with Gasteiger partial charge in [0.2, 0.25) is 0 Å². The summed E-state index contributed by atoms with van der Waals surface area (Å²) in [5.41, 5.74) is 2.79. The van der Waals surface area contributed by atoms with Crippen LogP contribution in [0.15, 0.2) is 44.0 Å². The van der Waals surface area contributed by atoms with E-state index in [2.05, 4.69) is 19.7 Å². The second-order valence-corrected chi connectivity index (χ2v) is 3.38. The predicted octanol–water partition coefficient (Wildman–Crippen LogP) is 3.49. The summed E-state index contributed by atoms with van der Waals surface area (Å²) >= 11 is 0. The number of allylic oxidation sites excluding steroid dienone is 2. The van der Waals surface area contributed by atoms with Gasteiger partial charge in [-0.1, -0.05) is 24.8 Å². The maximum absolute atomic E-state index is 9.94. The first-order valence-electron chi connectivity index (χ1n) is 4.92. The topological polar surface area (TPSA) is 20.2 Å². The van der Waals surface area contributed by atoms with Crippen LogP contribution in [0.4, 0.5) is 0 Å². The molecule has 1 N–H and O–H groups in total. The zero-order valence-corrected chi connectivity index (χ0v) is 8.87. The van der Waals surface area contributed by atoms with Crippen LogP contribution in [0.3, 0.4) is 0 Å². The summed E-state index contributed by atoms with van der Waals surface area (Å²) in [6.45, 7) is 11.1. The van der Waals surface area contributed by atoms with Crippen LogP contribution in [-0.4, -0.2) is 5.11 Å². The molecule has 0 aromatic heterocycles. The zero-order valence-electron chi connectivity index (χ0n) is 8.87. The maximum Gasteiger partial charge on any atom is 0.122 e. The van der Waals surface area contributed by atoms with Gasteiger partial charge in [0.15, 0.2) is 0 Å². The molecule has 1 aromatic carbocycles. The van der Waals surface area contributed by atoms with E-state index in [4.69, 9.17) is 0 Å². The Kier molecular flexibility index (Phi) is 3.92. The Labute approximate surface area is 91.1 Å². The van der Waals surface area contributed by atoms with Gasteiger partial charge in [-0.25, -0.2) is 0 Å². The summed E-state index contributed by atoms with van der Waals surface area (Å²) in [4.78, 5) is 0. The minimum absolute atomic E-state index is 0.348. The van der Waals surface area contributed by atoms with Crippen LogP contribution in [0.25, 0.3) is 6.08 Å². The van der Waals surface area contributed by atoms with Gasteiger partial charge in [-0.15, -0.1) is 13.2 Å². The van der Waals surface area contributed by atoms with Gasteiger partial charge in [-0.05, 0) is 41.7 Å². The van der Waals surface area contributed by atoms with Crippen LogP contribution in [-0.2, 0) is 12.8 Å². The summed E-state index contributed by atoms with van der Waals surface area (Å²) in [7, 11) is 0. The highest BCUT2D eigenvalue weighted by Crippen LogP contribution is 2.26. The highest BCUT2D eigenvalue weighted by Gasteiger charge is 2.06. The number of hydrogen-bond acceptors (Lipinski definition) is 1. The average molecular weight is 200 g/mol. The van der Waals surface area contributed by atoms with Crippen LogP contribution >= 0.6 is 0 Å². The van der Waals surface area contributed by atoms with Crippen molar-refractivity contribution in [2.24, 2.45) is 0 Å². The second-order valence-electron chi connectivity index (χ2n) is 3.38. The highest BCUT2D eigenvalue weighted by atomic mass is 16.3. The van der Waals surface area contributed by atoms with E-state index in [1.165, 1.54) is 0 Å². The Bertz CT molecular complexity index is 357. The van der Waals surface area contributed by atoms with E-state index in [0.717, 1.165) is 16.7 Å². The lowest BCUT2D eigenvalue weighted by atomic mass is 10.00. The van der Waals surface area contributed by atoms with Crippen LogP contribution in [0, 0.1) is 0 Å². The monoisotopic (exact) mass is 200 g/mol. The molecule has 1 nitrogen and oxygen atoms in total. The fraction of sp³-hybridized carbons (Fsp3) is 0.143. The highest BCUT2D eigenvalue weighted by molar-refractivity contribution is 5.55. The van der Waals surface area contributed by atoms with Gasteiger partial charge >= 0.3 is 0 Å². The molecule has 0 fully saturated rings. The van der Waals surface area contributed by atoms with Crippen molar-refractivity contribution in [1.82, 2.24) is 0 Å². The van der Waals surface area contributed by atoms with Gasteiger partial charge in [0.1, 0.15) is 5.75 Å². The SMILES string of the molecule is C=CCc1cc(C=C)cc(CC=C)c1O. The lowest BCUT2D eigenvalue weighted by Gasteiger charge is -2.09. The smallest absolute Gasteiger partial charge is 0.122 e. The molecule has 1 heteroatoms. The molecule has 15 heavy (non-hydrogen) atoms. The van der Waals surface area contributed by atoms with Crippen molar-refractivity contribution >= 4 is 6.08 Å². The summed E-state index contributed by atoms with van der Waals surface area (Å²) in [6.07, 6.45) is 6.66. The lowest BCUT2D eigenvalue weighted by Crippen LogP contribution is -1.91. The molecule has 1 rings (SSSR count). The lowest BCUT2D eigenvalue weighted by molar-refractivity contribution is 0.464. The molecule has 78 valence electrons. The number of aromatic hydroxyl groups is 1. The average Bonchev–Trinajstić information content (AvgIpc) is 2.24. The molecule has 0 atom stereocenters. The molecule has 0 radical (unpaired) electrons. The molecule has 0 unspecified atom stereocenters. The van der Waals surface area contributed by atoms with Gasteiger partial charge in [0.05, 0.1) is 0 Å². The largest absolute Gasteiger partial charge is 0.507 e. The maximum atomic E-state index is 9.94. The first kappa shape index (κ1) is 11.3. The standard InChI is InChI=1S/C14H16O/c1-4-7-12-9-11(6-3)10-13(8-5-2)14(12)15/h4-6,9-10,15H,1-3,7-8H2. The third-order valence-electron chi connectivity index (χ3n) is 2.25. The van der Waals surface area contributed by atoms with Crippen molar-refractivity contribution in [3.8, 4) is 5.75 Å². The van der Waals surface area contributed by atoms with E-state index >= 15 is 0 Å². The fourth-order valence-electron chi connectivity index (χ4n) is 1.53. The van der Waals surface area contributed by atoms with E-state index in [9.17, 15) is 5.11 Å². The quantitative estimate of drug-likeness (QED) is 0.721. The third-order valence-corrected chi connectivity index (χ3v) is 2.25. The van der Waals surface area contributed by atoms with Crippen molar-refractivity contribution in [3.05, 3.63) is 60.7 Å². The van der Waals surface area contributed by atoms with Gasteiger partial charge in [0.25, 0.3) is 0 Å². The Hall–Kier alpha value is -1.76. The van der Waals surface area contributed by atoms with Crippen LogP contribution in [0.5, 0.6) is 5.75 Å². The molecule has 0 aliphatic rings. The van der Waals surface area contributed by atoms with E-state index in [1.54, 1.807) is 18.2 Å². The molecule has 0 bridgehead atoms. The molecular weight excluding hydrogens is 184 g/mol. The molecule has 1 aromatic rings. The zero-order chi connectivity index (χ0) is 11.3. The van der Waals surface area contributed by atoms with E-state index in [1.807, 2.05) is 12.1 Å². The van der Waals surface area contributed by atoms with Crippen LogP contribution in [0.2, 0.25) is 0 Å². The van der Waals surface area contributed by atoms with Crippen LogP contribution < -0.4 is 0 Å². The number of hydrogen-bond donors (Lipinski definition) is 1. The van der Waals surface area contributed by atoms with Gasteiger partial charge < -0.3 is 5.11 Å². The normalized spacial score (nSPS) is 9.60. The molecule has 0 saturated heterocycles. The molecular formula is C14H16O. The number of rotatable bonds is 5. The second kappa shape index (κ2) is 5.20. The predicted molar refractivity (Wildman–Crippen MR) is 66.0 cm³/mol. The van der Waals surface area contributed by atoms with Crippen molar-refractivity contribution in [3.63, 3.8) is 0 Å². The van der Waals surface area contributed by atoms with Gasteiger partial charge in [-0.3, -0.25) is 0 Å². The minimum Gasteiger partial charge on any atom is -0.507 e.